The van der Waals surface area contributed by atoms with Gasteiger partial charge in [-0.05, 0) is 42.9 Å². The Kier molecular flexibility index (Phi) is 2.97. The van der Waals surface area contributed by atoms with E-state index >= 15 is 0 Å². The lowest BCUT2D eigenvalue weighted by Gasteiger charge is -2.38. The topological polar surface area (TPSA) is 35.5 Å². The number of hydrogen-bond acceptors (Lipinski definition) is 3. The van der Waals surface area contributed by atoms with Crippen molar-refractivity contribution in [1.82, 2.24) is 0 Å². The molecule has 19 heavy (non-hydrogen) atoms. The first kappa shape index (κ1) is 13.4. The monoisotopic (exact) mass is 266 g/mol. The van der Waals surface area contributed by atoms with E-state index in [9.17, 15) is 4.79 Å². The second-order valence-corrected chi connectivity index (χ2v) is 7.59. The quantitative estimate of drug-likeness (QED) is 0.720. The molecule has 3 heteroatoms. The minimum atomic E-state index is -0.328. The lowest BCUT2D eigenvalue weighted by Crippen LogP contribution is -2.41. The van der Waals surface area contributed by atoms with Gasteiger partial charge in [0, 0.05) is 12.0 Å². The molecule has 0 aromatic rings. The van der Waals surface area contributed by atoms with Gasteiger partial charge in [-0.2, -0.15) is 0 Å². The molecule has 0 N–H and O–H groups in total. The molecule has 1 saturated heterocycles. The Hall–Kier alpha value is -0.570. The predicted molar refractivity (Wildman–Crippen MR) is 72.6 cm³/mol. The van der Waals surface area contributed by atoms with Crippen LogP contribution in [0.4, 0.5) is 0 Å². The summed E-state index contributed by atoms with van der Waals surface area (Å²) in [7, 11) is 0. The molecule has 108 valence electrons. The van der Waals surface area contributed by atoms with Crippen molar-refractivity contribution >= 4 is 5.97 Å². The van der Waals surface area contributed by atoms with Gasteiger partial charge in [0.2, 0.25) is 0 Å². The fourth-order valence-electron chi connectivity index (χ4n) is 4.51. The van der Waals surface area contributed by atoms with Crippen molar-refractivity contribution in [2.75, 3.05) is 6.61 Å². The van der Waals surface area contributed by atoms with E-state index in [4.69, 9.17) is 9.47 Å². The van der Waals surface area contributed by atoms with Crippen LogP contribution in [0.3, 0.4) is 0 Å². The fraction of sp³-hybridized carbons (Fsp3) is 0.938. The first-order valence-electron chi connectivity index (χ1n) is 7.68. The second kappa shape index (κ2) is 4.21. The first-order chi connectivity index (χ1) is 8.86. The standard InChI is InChI=1S/C16H26O3/c1-10-6-8-18-13(10)14(17)19-12-9-11-5-7-16(12,4)15(11,2)3/h10-13H,5-9H2,1-4H3. The molecule has 0 spiro atoms. The third-order valence-electron chi connectivity index (χ3n) is 6.59. The zero-order valence-corrected chi connectivity index (χ0v) is 12.6. The molecule has 2 aliphatic carbocycles. The van der Waals surface area contributed by atoms with Crippen LogP contribution in [0.1, 0.15) is 53.4 Å². The molecule has 2 bridgehead atoms. The smallest absolute Gasteiger partial charge is 0.335 e. The molecular weight excluding hydrogens is 240 g/mol. The molecule has 0 aromatic carbocycles. The summed E-state index contributed by atoms with van der Waals surface area (Å²) in [5.74, 6) is 0.878. The third-order valence-corrected chi connectivity index (χ3v) is 6.59. The Bertz CT molecular complexity index is 389. The van der Waals surface area contributed by atoms with E-state index < -0.39 is 0 Å². The summed E-state index contributed by atoms with van der Waals surface area (Å²) in [6, 6.07) is 0. The van der Waals surface area contributed by atoms with Crippen LogP contribution in [-0.2, 0) is 14.3 Å². The van der Waals surface area contributed by atoms with Crippen molar-refractivity contribution in [2.24, 2.45) is 22.7 Å². The van der Waals surface area contributed by atoms with Crippen LogP contribution in [0, 0.1) is 22.7 Å². The van der Waals surface area contributed by atoms with Crippen molar-refractivity contribution in [3.63, 3.8) is 0 Å². The Labute approximate surface area is 116 Å². The molecule has 0 radical (unpaired) electrons. The molecule has 3 aliphatic rings. The van der Waals surface area contributed by atoms with Gasteiger partial charge in [0.1, 0.15) is 6.10 Å². The van der Waals surface area contributed by atoms with Gasteiger partial charge in [-0.15, -0.1) is 0 Å². The van der Waals surface area contributed by atoms with Crippen LogP contribution in [0.5, 0.6) is 0 Å². The summed E-state index contributed by atoms with van der Waals surface area (Å²) < 4.78 is 11.4. The van der Waals surface area contributed by atoms with Gasteiger partial charge in [-0.3, -0.25) is 0 Å². The Morgan fingerprint density at radius 1 is 1.26 bits per heavy atom. The number of rotatable bonds is 2. The molecule has 3 nitrogen and oxygen atoms in total. The van der Waals surface area contributed by atoms with Crippen molar-refractivity contribution < 1.29 is 14.3 Å². The van der Waals surface area contributed by atoms with E-state index in [-0.39, 0.29) is 23.6 Å². The molecule has 0 aromatic heterocycles. The third kappa shape index (κ3) is 1.77. The molecule has 5 unspecified atom stereocenters. The highest BCUT2D eigenvalue weighted by atomic mass is 16.6. The highest BCUT2D eigenvalue weighted by molar-refractivity contribution is 5.75. The van der Waals surface area contributed by atoms with Crippen molar-refractivity contribution in [1.29, 1.82) is 0 Å². The van der Waals surface area contributed by atoms with Crippen molar-refractivity contribution in [3.05, 3.63) is 0 Å². The first-order valence-corrected chi connectivity index (χ1v) is 7.68. The zero-order chi connectivity index (χ0) is 13.8. The van der Waals surface area contributed by atoms with E-state index in [0.717, 1.165) is 12.8 Å². The molecular formula is C16H26O3. The summed E-state index contributed by atoms with van der Waals surface area (Å²) in [5, 5.41) is 0. The van der Waals surface area contributed by atoms with Crippen molar-refractivity contribution in [3.8, 4) is 0 Å². The Balaban J connectivity index is 1.70. The molecule has 3 rings (SSSR count). The van der Waals surface area contributed by atoms with E-state index in [0.29, 0.717) is 23.9 Å². The van der Waals surface area contributed by atoms with Gasteiger partial charge < -0.3 is 9.47 Å². The Morgan fingerprint density at radius 3 is 2.47 bits per heavy atom. The predicted octanol–water partition coefficient (Wildman–Crippen LogP) is 3.17. The van der Waals surface area contributed by atoms with Crippen LogP contribution in [0.15, 0.2) is 0 Å². The van der Waals surface area contributed by atoms with E-state index in [2.05, 4.69) is 27.7 Å². The maximum absolute atomic E-state index is 12.3. The highest BCUT2D eigenvalue weighted by Gasteiger charge is 2.63. The van der Waals surface area contributed by atoms with E-state index in [1.807, 2.05) is 0 Å². The van der Waals surface area contributed by atoms with Crippen LogP contribution in [0.25, 0.3) is 0 Å². The number of fused-ring (bicyclic) bond motifs is 2. The zero-order valence-electron chi connectivity index (χ0n) is 12.6. The van der Waals surface area contributed by atoms with Crippen LogP contribution < -0.4 is 0 Å². The summed E-state index contributed by atoms with van der Waals surface area (Å²) in [5.41, 5.74) is 0.440. The summed E-state index contributed by atoms with van der Waals surface area (Å²) >= 11 is 0. The van der Waals surface area contributed by atoms with Crippen LogP contribution >= 0.6 is 0 Å². The summed E-state index contributed by atoms with van der Waals surface area (Å²) in [4.78, 5) is 12.3. The number of carbonyl (C=O) groups excluding carboxylic acids is 1. The largest absolute Gasteiger partial charge is 0.460 e. The molecule has 1 heterocycles. The number of hydrogen-bond donors (Lipinski definition) is 0. The lowest BCUT2D eigenvalue weighted by molar-refractivity contribution is -0.169. The van der Waals surface area contributed by atoms with Crippen LogP contribution in [-0.4, -0.2) is 24.8 Å². The van der Waals surface area contributed by atoms with Crippen LogP contribution in [0.2, 0.25) is 0 Å². The van der Waals surface area contributed by atoms with E-state index in [1.54, 1.807) is 0 Å². The van der Waals surface area contributed by atoms with Gasteiger partial charge in [0.05, 0.1) is 0 Å². The van der Waals surface area contributed by atoms with Gasteiger partial charge in [0.25, 0.3) is 0 Å². The van der Waals surface area contributed by atoms with Gasteiger partial charge in [0.15, 0.2) is 6.10 Å². The number of ether oxygens (including phenoxy) is 2. The Morgan fingerprint density at radius 2 is 2.00 bits per heavy atom. The van der Waals surface area contributed by atoms with Crippen molar-refractivity contribution in [2.45, 2.75) is 65.6 Å². The van der Waals surface area contributed by atoms with Gasteiger partial charge >= 0.3 is 5.97 Å². The summed E-state index contributed by atoms with van der Waals surface area (Å²) in [6.07, 6.45) is 4.24. The minimum absolute atomic E-state index is 0.0881. The number of carbonyl (C=O) groups is 1. The van der Waals surface area contributed by atoms with Gasteiger partial charge in [-0.25, -0.2) is 4.79 Å². The lowest BCUT2D eigenvalue weighted by atomic mass is 9.70. The second-order valence-electron chi connectivity index (χ2n) is 7.59. The normalized spacial score (nSPS) is 47.6. The molecule has 1 aliphatic heterocycles. The average molecular weight is 266 g/mol. The summed E-state index contributed by atoms with van der Waals surface area (Å²) in [6.45, 7) is 9.75. The number of esters is 1. The maximum Gasteiger partial charge on any atom is 0.335 e. The molecule has 3 fully saturated rings. The molecule has 5 atom stereocenters. The fourth-order valence-corrected chi connectivity index (χ4v) is 4.51. The maximum atomic E-state index is 12.3. The molecule has 0 amide bonds. The SMILES string of the molecule is CC1CCOC1C(=O)OC1CC2CCC1(C)C2(C)C. The average Bonchev–Trinajstić information content (AvgIpc) is 2.90. The highest BCUT2D eigenvalue weighted by Crippen LogP contribution is 2.66. The molecule has 2 saturated carbocycles. The minimum Gasteiger partial charge on any atom is -0.460 e. The van der Waals surface area contributed by atoms with E-state index in [1.165, 1.54) is 12.8 Å². The van der Waals surface area contributed by atoms with Gasteiger partial charge in [-0.1, -0.05) is 27.7 Å².